The van der Waals surface area contributed by atoms with E-state index >= 15 is 0 Å². The Balaban J connectivity index is 1.73. The van der Waals surface area contributed by atoms with Crippen LogP contribution in [-0.4, -0.2) is 6.71 Å². The Labute approximate surface area is 146 Å². The highest BCUT2D eigenvalue weighted by atomic mass is 16.5. The Bertz CT molecular complexity index is 994. The van der Waals surface area contributed by atoms with E-state index in [0.29, 0.717) is 5.92 Å². The highest BCUT2D eigenvalue weighted by Gasteiger charge is 2.46. The average molecular weight is 326 g/mol. The van der Waals surface area contributed by atoms with Crippen molar-refractivity contribution in [2.24, 2.45) is 0 Å². The zero-order chi connectivity index (χ0) is 16.7. The van der Waals surface area contributed by atoms with Crippen molar-refractivity contribution in [2.45, 2.75) is 19.8 Å². The lowest BCUT2D eigenvalue weighted by molar-refractivity contribution is 0.441. The SMILES string of the molecule is CC(C)c1cc2c3c(c1)Oc1cccc4c1B3c1c(cccc1O2)O4. The van der Waals surface area contributed by atoms with Crippen molar-refractivity contribution >= 4 is 23.1 Å². The Hall–Kier alpha value is -2.88. The molecule has 3 aliphatic heterocycles. The molecule has 0 unspecified atom stereocenters. The minimum absolute atomic E-state index is 0.111. The van der Waals surface area contributed by atoms with E-state index < -0.39 is 0 Å². The molecule has 0 amide bonds. The van der Waals surface area contributed by atoms with Gasteiger partial charge in [-0.05, 0) is 47.9 Å². The van der Waals surface area contributed by atoms with Crippen molar-refractivity contribution in [2.75, 3.05) is 0 Å². The fourth-order valence-corrected chi connectivity index (χ4v) is 4.17. The van der Waals surface area contributed by atoms with Gasteiger partial charge < -0.3 is 14.2 Å². The summed E-state index contributed by atoms with van der Waals surface area (Å²) in [6.07, 6.45) is 0. The maximum atomic E-state index is 6.28. The molecule has 0 saturated carbocycles. The summed E-state index contributed by atoms with van der Waals surface area (Å²) in [4.78, 5) is 0. The molecule has 0 spiro atoms. The number of hydrogen-bond donors (Lipinski definition) is 0. The fraction of sp³-hybridized carbons (Fsp3) is 0.143. The quantitative estimate of drug-likeness (QED) is 0.432. The van der Waals surface area contributed by atoms with Crippen molar-refractivity contribution in [3.05, 3.63) is 54.1 Å². The van der Waals surface area contributed by atoms with Crippen molar-refractivity contribution in [3.8, 4) is 34.5 Å². The molecule has 0 fully saturated rings. The molecule has 0 aromatic heterocycles. The van der Waals surface area contributed by atoms with Crippen LogP contribution in [-0.2, 0) is 0 Å². The third-order valence-corrected chi connectivity index (χ3v) is 5.37. The standard InChI is InChI=1S/C21H15BO3/c1-11(2)12-9-17-21-18(10-12)25-16-8-4-6-14-20(16)22(21)19-13(23-14)5-3-7-15(19)24-17/h3-11H,1-2H3. The van der Waals surface area contributed by atoms with Gasteiger partial charge in [0.25, 0.3) is 6.71 Å². The van der Waals surface area contributed by atoms with Gasteiger partial charge in [0.05, 0.1) is 0 Å². The topological polar surface area (TPSA) is 27.7 Å². The van der Waals surface area contributed by atoms with E-state index in [9.17, 15) is 0 Å². The molecule has 0 atom stereocenters. The summed E-state index contributed by atoms with van der Waals surface area (Å²) in [6.45, 7) is 4.49. The first-order valence-electron chi connectivity index (χ1n) is 8.68. The molecule has 3 aromatic rings. The van der Waals surface area contributed by atoms with Gasteiger partial charge in [0.2, 0.25) is 0 Å². The minimum atomic E-state index is 0.111. The molecule has 4 heteroatoms. The molecule has 120 valence electrons. The van der Waals surface area contributed by atoms with Gasteiger partial charge >= 0.3 is 0 Å². The number of ether oxygens (including phenoxy) is 3. The number of rotatable bonds is 1. The lowest BCUT2D eigenvalue weighted by atomic mass is 9.34. The highest BCUT2D eigenvalue weighted by molar-refractivity contribution is 6.99. The Morgan fingerprint density at radius 3 is 1.48 bits per heavy atom. The summed E-state index contributed by atoms with van der Waals surface area (Å²) in [6, 6.07) is 16.4. The summed E-state index contributed by atoms with van der Waals surface area (Å²) < 4.78 is 18.7. The van der Waals surface area contributed by atoms with Gasteiger partial charge in [-0.2, -0.15) is 0 Å². The predicted molar refractivity (Wildman–Crippen MR) is 98.3 cm³/mol. The molecule has 0 bridgehead atoms. The molecule has 3 heterocycles. The van der Waals surface area contributed by atoms with Crippen LogP contribution in [0, 0.1) is 0 Å². The maximum absolute atomic E-state index is 6.28. The van der Waals surface area contributed by atoms with Crippen LogP contribution in [0.4, 0.5) is 0 Å². The van der Waals surface area contributed by atoms with E-state index in [-0.39, 0.29) is 6.71 Å². The summed E-state index contributed by atoms with van der Waals surface area (Å²) in [5, 5.41) is 0. The minimum Gasteiger partial charge on any atom is -0.458 e. The van der Waals surface area contributed by atoms with Crippen LogP contribution in [0.25, 0.3) is 0 Å². The monoisotopic (exact) mass is 326 g/mol. The van der Waals surface area contributed by atoms with E-state index in [4.69, 9.17) is 14.2 Å². The summed E-state index contributed by atoms with van der Waals surface area (Å²) in [5.74, 6) is 5.71. The second-order valence-corrected chi connectivity index (χ2v) is 7.16. The summed E-state index contributed by atoms with van der Waals surface area (Å²) in [7, 11) is 0. The Morgan fingerprint density at radius 2 is 1.04 bits per heavy atom. The molecule has 25 heavy (non-hydrogen) atoms. The zero-order valence-corrected chi connectivity index (χ0v) is 14.0. The predicted octanol–water partition coefficient (Wildman–Crippen LogP) is 3.64. The molecule has 6 rings (SSSR count). The molecule has 0 N–H and O–H groups in total. The van der Waals surface area contributed by atoms with Crippen LogP contribution in [0.3, 0.4) is 0 Å². The van der Waals surface area contributed by atoms with Crippen LogP contribution in [0.15, 0.2) is 48.5 Å². The second kappa shape index (κ2) is 4.39. The first kappa shape index (κ1) is 13.4. The second-order valence-electron chi connectivity index (χ2n) is 7.16. The molecule has 3 aliphatic rings. The first-order chi connectivity index (χ1) is 12.2. The van der Waals surface area contributed by atoms with Crippen molar-refractivity contribution in [1.82, 2.24) is 0 Å². The first-order valence-corrected chi connectivity index (χ1v) is 8.68. The third-order valence-electron chi connectivity index (χ3n) is 5.37. The van der Waals surface area contributed by atoms with Gasteiger partial charge in [-0.1, -0.05) is 26.0 Å². The zero-order valence-electron chi connectivity index (χ0n) is 14.0. The van der Waals surface area contributed by atoms with Crippen molar-refractivity contribution in [1.29, 1.82) is 0 Å². The van der Waals surface area contributed by atoms with E-state index in [0.717, 1.165) is 50.9 Å². The van der Waals surface area contributed by atoms with Crippen LogP contribution in [0.1, 0.15) is 25.3 Å². The van der Waals surface area contributed by atoms with E-state index in [1.54, 1.807) is 0 Å². The van der Waals surface area contributed by atoms with Gasteiger partial charge in [0.15, 0.2) is 0 Å². The summed E-state index contributed by atoms with van der Waals surface area (Å²) in [5.41, 5.74) is 4.56. The normalized spacial score (nSPS) is 14.4. The molecular weight excluding hydrogens is 311 g/mol. The van der Waals surface area contributed by atoms with Gasteiger partial charge in [-0.15, -0.1) is 0 Å². The third kappa shape index (κ3) is 1.62. The molecule has 3 nitrogen and oxygen atoms in total. The molecule has 0 saturated heterocycles. The molecule has 3 aromatic carbocycles. The van der Waals surface area contributed by atoms with Gasteiger partial charge in [0, 0.05) is 16.4 Å². The molecular formula is C21H15BO3. The largest absolute Gasteiger partial charge is 0.458 e. The Kier molecular flexibility index (Phi) is 2.36. The van der Waals surface area contributed by atoms with Crippen LogP contribution in [0.5, 0.6) is 34.5 Å². The maximum Gasteiger partial charge on any atom is 0.270 e. The van der Waals surface area contributed by atoms with Gasteiger partial charge in [-0.3, -0.25) is 0 Å². The van der Waals surface area contributed by atoms with Crippen LogP contribution in [0.2, 0.25) is 0 Å². The van der Waals surface area contributed by atoms with Crippen molar-refractivity contribution in [3.63, 3.8) is 0 Å². The molecule has 0 radical (unpaired) electrons. The van der Waals surface area contributed by atoms with E-state index in [2.05, 4.69) is 26.0 Å². The van der Waals surface area contributed by atoms with Crippen LogP contribution >= 0.6 is 0 Å². The van der Waals surface area contributed by atoms with Gasteiger partial charge in [-0.25, -0.2) is 0 Å². The highest BCUT2D eigenvalue weighted by Crippen LogP contribution is 2.42. The van der Waals surface area contributed by atoms with Crippen LogP contribution < -0.4 is 30.6 Å². The lowest BCUT2D eigenvalue weighted by Gasteiger charge is -2.37. The average Bonchev–Trinajstić information content (AvgIpc) is 2.61. The van der Waals surface area contributed by atoms with Gasteiger partial charge in [0.1, 0.15) is 34.5 Å². The lowest BCUT2D eigenvalue weighted by Crippen LogP contribution is -2.59. The number of benzene rings is 3. The smallest absolute Gasteiger partial charge is 0.270 e. The fourth-order valence-electron chi connectivity index (χ4n) is 4.17. The van der Waals surface area contributed by atoms with E-state index in [1.165, 1.54) is 5.56 Å². The Morgan fingerprint density at radius 1 is 0.640 bits per heavy atom. The molecule has 0 aliphatic carbocycles. The van der Waals surface area contributed by atoms with Crippen molar-refractivity contribution < 1.29 is 14.2 Å². The number of hydrogen-bond acceptors (Lipinski definition) is 3. The summed E-state index contributed by atoms with van der Waals surface area (Å²) >= 11 is 0. The van der Waals surface area contributed by atoms with E-state index in [1.807, 2.05) is 36.4 Å².